The summed E-state index contributed by atoms with van der Waals surface area (Å²) in [5, 5.41) is 2.39. The second-order valence-electron chi connectivity index (χ2n) is 5.30. The molecule has 26 heavy (non-hydrogen) atoms. The summed E-state index contributed by atoms with van der Waals surface area (Å²) in [6, 6.07) is 6.52. The lowest BCUT2D eigenvalue weighted by molar-refractivity contribution is -0.148. The van der Waals surface area contributed by atoms with E-state index in [0.29, 0.717) is 17.9 Å². The highest BCUT2D eigenvalue weighted by molar-refractivity contribution is 5.96. The summed E-state index contributed by atoms with van der Waals surface area (Å²) >= 11 is 0. The van der Waals surface area contributed by atoms with Crippen LogP contribution in [0.1, 0.15) is 37.0 Å². The van der Waals surface area contributed by atoms with Gasteiger partial charge < -0.3 is 14.8 Å². The lowest BCUT2D eigenvalue weighted by atomic mass is 10.2. The number of benzene rings is 1. The van der Waals surface area contributed by atoms with Gasteiger partial charge in [0, 0.05) is 12.5 Å². The van der Waals surface area contributed by atoms with E-state index in [1.54, 1.807) is 24.3 Å². The van der Waals surface area contributed by atoms with E-state index in [9.17, 15) is 19.2 Å². The first kappa shape index (κ1) is 20.9. The van der Waals surface area contributed by atoms with Crippen molar-refractivity contribution in [2.24, 2.45) is 0 Å². The summed E-state index contributed by atoms with van der Waals surface area (Å²) in [4.78, 5) is 45.3. The van der Waals surface area contributed by atoms with E-state index in [0.717, 1.165) is 12.8 Å². The number of rotatable bonds is 9. The molecule has 0 atom stereocenters. The van der Waals surface area contributed by atoms with Crippen molar-refractivity contribution in [2.45, 2.75) is 26.7 Å². The van der Waals surface area contributed by atoms with E-state index in [2.05, 4.69) is 22.4 Å². The van der Waals surface area contributed by atoms with Gasteiger partial charge in [-0.3, -0.25) is 30.0 Å². The van der Waals surface area contributed by atoms with Gasteiger partial charge in [0.05, 0.1) is 6.61 Å². The minimum Gasteiger partial charge on any atom is -0.494 e. The number of carbonyl (C=O) groups is 4. The topological polar surface area (TPSA) is 123 Å². The lowest BCUT2D eigenvalue weighted by Crippen LogP contribution is -2.43. The third-order valence-electron chi connectivity index (χ3n) is 3.02. The number of hydrazine groups is 1. The monoisotopic (exact) mass is 365 g/mol. The van der Waals surface area contributed by atoms with E-state index in [-0.39, 0.29) is 6.54 Å². The molecule has 0 saturated carbocycles. The summed E-state index contributed by atoms with van der Waals surface area (Å²) in [5.74, 6) is -1.72. The van der Waals surface area contributed by atoms with E-state index >= 15 is 0 Å². The maximum Gasteiger partial charge on any atom is 0.325 e. The minimum absolute atomic E-state index is 0.365. The Hall–Kier alpha value is -3.10. The van der Waals surface area contributed by atoms with Crippen LogP contribution in [0.5, 0.6) is 5.75 Å². The lowest BCUT2D eigenvalue weighted by Gasteiger charge is -2.08. The average Bonchev–Trinajstić information content (AvgIpc) is 2.63. The third kappa shape index (κ3) is 8.67. The number of ether oxygens (including phenoxy) is 2. The smallest absolute Gasteiger partial charge is 0.325 e. The van der Waals surface area contributed by atoms with Crippen LogP contribution in [-0.2, 0) is 19.1 Å². The van der Waals surface area contributed by atoms with Gasteiger partial charge in [-0.1, -0.05) is 13.3 Å². The van der Waals surface area contributed by atoms with Crippen LogP contribution in [-0.4, -0.2) is 43.4 Å². The zero-order chi connectivity index (χ0) is 19.4. The van der Waals surface area contributed by atoms with Crippen LogP contribution in [0.4, 0.5) is 0 Å². The molecule has 9 heteroatoms. The summed E-state index contributed by atoms with van der Waals surface area (Å²) in [5.41, 5.74) is 4.45. The summed E-state index contributed by atoms with van der Waals surface area (Å²) < 4.78 is 10.2. The Labute approximate surface area is 151 Å². The molecule has 1 aromatic rings. The Morgan fingerprint density at radius 3 is 2.35 bits per heavy atom. The summed E-state index contributed by atoms with van der Waals surface area (Å²) in [7, 11) is 0. The van der Waals surface area contributed by atoms with Crippen LogP contribution < -0.4 is 20.9 Å². The molecule has 0 bridgehead atoms. The van der Waals surface area contributed by atoms with Gasteiger partial charge >= 0.3 is 5.97 Å². The van der Waals surface area contributed by atoms with E-state index in [1.807, 2.05) is 5.43 Å². The number of carbonyl (C=O) groups excluding carboxylic acids is 4. The largest absolute Gasteiger partial charge is 0.494 e. The van der Waals surface area contributed by atoms with Gasteiger partial charge in [0.25, 0.3) is 11.8 Å². The van der Waals surface area contributed by atoms with Crippen LogP contribution in [0.2, 0.25) is 0 Å². The SMILES string of the molecule is CCCCOc1ccc(C(=O)NCC(=O)OCC(=O)NNC(C)=O)cc1. The molecule has 0 aromatic heterocycles. The number of unbranched alkanes of at least 4 members (excludes halogenated alkanes) is 1. The van der Waals surface area contributed by atoms with Crippen LogP contribution in [0.15, 0.2) is 24.3 Å². The van der Waals surface area contributed by atoms with E-state index in [1.165, 1.54) is 6.92 Å². The summed E-state index contributed by atoms with van der Waals surface area (Å²) in [6.45, 7) is 2.94. The van der Waals surface area contributed by atoms with Crippen LogP contribution in [0.3, 0.4) is 0 Å². The molecule has 0 heterocycles. The molecule has 3 N–H and O–H groups in total. The van der Waals surface area contributed by atoms with Crippen molar-refractivity contribution in [3.63, 3.8) is 0 Å². The Morgan fingerprint density at radius 2 is 1.73 bits per heavy atom. The molecule has 1 rings (SSSR count). The first-order valence-corrected chi connectivity index (χ1v) is 8.14. The molecule has 1 aromatic carbocycles. The molecule has 142 valence electrons. The fourth-order valence-corrected chi connectivity index (χ4v) is 1.68. The zero-order valence-electron chi connectivity index (χ0n) is 14.8. The fourth-order valence-electron chi connectivity index (χ4n) is 1.68. The molecule has 0 saturated heterocycles. The number of amides is 3. The molecule has 0 aliphatic carbocycles. The first-order chi connectivity index (χ1) is 12.4. The Bertz CT molecular complexity index is 630. The quantitative estimate of drug-likeness (QED) is 0.329. The first-order valence-electron chi connectivity index (χ1n) is 8.14. The normalized spacial score (nSPS) is 9.77. The van der Waals surface area contributed by atoms with Gasteiger partial charge in [-0.2, -0.15) is 0 Å². The second kappa shape index (κ2) is 11.5. The van der Waals surface area contributed by atoms with Gasteiger partial charge in [-0.15, -0.1) is 0 Å². The van der Waals surface area contributed by atoms with Crippen molar-refractivity contribution in [2.75, 3.05) is 19.8 Å². The molecule has 0 unspecified atom stereocenters. The Kier molecular flexibility index (Phi) is 9.23. The molecule has 0 aliphatic rings. The van der Waals surface area contributed by atoms with Gasteiger partial charge in [0.15, 0.2) is 6.61 Å². The Morgan fingerprint density at radius 1 is 1.04 bits per heavy atom. The van der Waals surface area contributed by atoms with Crippen LogP contribution >= 0.6 is 0 Å². The Balaban J connectivity index is 2.31. The predicted octanol–water partition coefficient (Wildman–Crippen LogP) is 0.306. The number of esters is 1. The van der Waals surface area contributed by atoms with Crippen molar-refractivity contribution in [1.29, 1.82) is 0 Å². The van der Waals surface area contributed by atoms with Crippen molar-refractivity contribution in [3.8, 4) is 5.75 Å². The van der Waals surface area contributed by atoms with Crippen molar-refractivity contribution in [1.82, 2.24) is 16.2 Å². The molecule has 0 spiro atoms. The van der Waals surface area contributed by atoms with E-state index < -0.39 is 30.3 Å². The maximum absolute atomic E-state index is 11.9. The second-order valence-corrected chi connectivity index (χ2v) is 5.30. The highest BCUT2D eigenvalue weighted by Crippen LogP contribution is 2.12. The molecule has 0 fully saturated rings. The minimum atomic E-state index is -0.782. The standard InChI is InChI=1S/C17H23N3O6/c1-3-4-9-25-14-7-5-13(6-8-14)17(24)18-10-16(23)26-11-15(22)20-19-12(2)21/h5-8H,3-4,9-11H2,1-2H3,(H,18,24)(H,19,21)(H,20,22). The van der Waals surface area contributed by atoms with Crippen LogP contribution in [0.25, 0.3) is 0 Å². The number of hydrogen-bond donors (Lipinski definition) is 3. The zero-order valence-corrected chi connectivity index (χ0v) is 14.8. The molecule has 0 radical (unpaired) electrons. The van der Waals surface area contributed by atoms with Crippen LogP contribution in [0, 0.1) is 0 Å². The summed E-state index contributed by atoms with van der Waals surface area (Å²) in [6.07, 6.45) is 1.98. The molecular weight excluding hydrogens is 342 g/mol. The van der Waals surface area contributed by atoms with E-state index in [4.69, 9.17) is 4.74 Å². The predicted molar refractivity (Wildman–Crippen MR) is 92.1 cm³/mol. The van der Waals surface area contributed by atoms with Crippen molar-refractivity contribution >= 4 is 23.7 Å². The average molecular weight is 365 g/mol. The highest BCUT2D eigenvalue weighted by atomic mass is 16.5. The maximum atomic E-state index is 11.9. The van der Waals surface area contributed by atoms with Gasteiger partial charge in [-0.25, -0.2) is 0 Å². The fraction of sp³-hybridized carbons (Fsp3) is 0.412. The molecule has 9 nitrogen and oxygen atoms in total. The van der Waals surface area contributed by atoms with Crippen molar-refractivity contribution in [3.05, 3.63) is 29.8 Å². The van der Waals surface area contributed by atoms with Gasteiger partial charge in [0.1, 0.15) is 12.3 Å². The van der Waals surface area contributed by atoms with Crippen molar-refractivity contribution < 1.29 is 28.7 Å². The van der Waals surface area contributed by atoms with Gasteiger partial charge in [0.2, 0.25) is 5.91 Å². The van der Waals surface area contributed by atoms with Gasteiger partial charge in [-0.05, 0) is 30.7 Å². The molecular formula is C17H23N3O6. The number of nitrogens with one attached hydrogen (secondary N) is 3. The molecule has 0 aliphatic heterocycles. The highest BCUT2D eigenvalue weighted by Gasteiger charge is 2.11. The molecule has 3 amide bonds. The number of hydrogen-bond acceptors (Lipinski definition) is 6. The third-order valence-corrected chi connectivity index (χ3v) is 3.02.